The van der Waals surface area contributed by atoms with Crippen LogP contribution in [0.1, 0.15) is 36.2 Å². The van der Waals surface area contributed by atoms with E-state index in [2.05, 4.69) is 10.1 Å². The summed E-state index contributed by atoms with van der Waals surface area (Å²) in [6.07, 6.45) is 0. The van der Waals surface area contributed by atoms with Crippen molar-refractivity contribution in [3.63, 3.8) is 0 Å². The van der Waals surface area contributed by atoms with Crippen LogP contribution in [0, 0.1) is 0 Å². The van der Waals surface area contributed by atoms with Gasteiger partial charge in [0, 0.05) is 7.05 Å². The van der Waals surface area contributed by atoms with Gasteiger partial charge in [0.1, 0.15) is 5.76 Å². The van der Waals surface area contributed by atoms with Crippen molar-refractivity contribution in [1.29, 1.82) is 0 Å². The molecule has 0 radical (unpaired) electrons. The Morgan fingerprint density at radius 3 is 2.68 bits per heavy atom. The molecule has 0 saturated carbocycles. The third-order valence-corrected chi connectivity index (χ3v) is 3.00. The molecule has 1 unspecified atom stereocenters. The predicted octanol–water partition coefficient (Wildman–Crippen LogP) is 1.20. The maximum Gasteiger partial charge on any atom is 0.373 e. The second-order valence-electron chi connectivity index (χ2n) is 4.11. The number of nitrogens with one attached hydrogen (secondary N) is 1. The molecule has 1 N–H and O–H groups in total. The Morgan fingerprint density at radius 1 is 1.47 bits per heavy atom. The molecule has 0 bridgehead atoms. The first-order valence-electron chi connectivity index (χ1n) is 6.16. The van der Waals surface area contributed by atoms with Gasteiger partial charge in [0.25, 0.3) is 0 Å². The van der Waals surface area contributed by atoms with E-state index in [-0.39, 0.29) is 24.3 Å². The number of methoxy groups -OCH3 is 1. The lowest BCUT2D eigenvalue weighted by Gasteiger charge is -2.25. The van der Waals surface area contributed by atoms with Gasteiger partial charge in [-0.2, -0.15) is 0 Å². The lowest BCUT2D eigenvalue weighted by molar-refractivity contribution is -0.122. The van der Waals surface area contributed by atoms with Gasteiger partial charge >= 0.3 is 5.97 Å². The Hall–Kier alpha value is -1.82. The highest BCUT2D eigenvalue weighted by Gasteiger charge is 2.21. The number of amides is 1. The summed E-state index contributed by atoms with van der Waals surface area (Å²) in [4.78, 5) is 24.7. The first kappa shape index (κ1) is 15.2. The largest absolute Gasteiger partial charge is 0.463 e. The molecule has 0 aliphatic heterocycles. The van der Waals surface area contributed by atoms with Gasteiger partial charge in [0.2, 0.25) is 11.7 Å². The fraction of sp³-hybridized carbons (Fsp3) is 0.538. The van der Waals surface area contributed by atoms with Gasteiger partial charge in [0.15, 0.2) is 0 Å². The second kappa shape index (κ2) is 6.94. The SMILES string of the molecule is CCN(CC(=O)NC)C(C)c1ccc(C(=O)OC)o1. The summed E-state index contributed by atoms with van der Waals surface area (Å²) in [5, 5.41) is 2.58. The van der Waals surface area contributed by atoms with E-state index in [1.165, 1.54) is 7.11 Å². The maximum atomic E-state index is 11.4. The van der Waals surface area contributed by atoms with Crippen molar-refractivity contribution in [3.8, 4) is 0 Å². The first-order valence-corrected chi connectivity index (χ1v) is 6.16. The van der Waals surface area contributed by atoms with Crippen molar-refractivity contribution in [1.82, 2.24) is 10.2 Å². The summed E-state index contributed by atoms with van der Waals surface area (Å²) in [5.74, 6) is 0.229. The summed E-state index contributed by atoms with van der Waals surface area (Å²) in [5.41, 5.74) is 0. The fourth-order valence-electron chi connectivity index (χ4n) is 1.75. The van der Waals surface area contributed by atoms with E-state index in [0.717, 1.165) is 0 Å². The number of furan rings is 1. The molecule has 0 aliphatic carbocycles. The van der Waals surface area contributed by atoms with Gasteiger partial charge in [-0.15, -0.1) is 0 Å². The molecule has 0 saturated heterocycles. The monoisotopic (exact) mass is 268 g/mol. The number of hydrogen-bond acceptors (Lipinski definition) is 5. The van der Waals surface area contributed by atoms with Gasteiger partial charge in [-0.1, -0.05) is 6.92 Å². The number of carbonyl (C=O) groups is 2. The molecule has 19 heavy (non-hydrogen) atoms. The van der Waals surface area contributed by atoms with Gasteiger partial charge in [-0.25, -0.2) is 4.79 Å². The van der Waals surface area contributed by atoms with E-state index in [4.69, 9.17) is 4.42 Å². The van der Waals surface area contributed by atoms with Crippen molar-refractivity contribution in [2.24, 2.45) is 0 Å². The van der Waals surface area contributed by atoms with Crippen molar-refractivity contribution < 1.29 is 18.7 Å². The molecule has 1 atom stereocenters. The molecule has 6 nitrogen and oxygen atoms in total. The van der Waals surface area contributed by atoms with Gasteiger partial charge in [0.05, 0.1) is 19.7 Å². The summed E-state index contributed by atoms with van der Waals surface area (Å²) in [7, 11) is 2.90. The Balaban J connectivity index is 2.79. The Kier molecular flexibility index (Phi) is 5.57. The normalized spacial score (nSPS) is 12.3. The lowest BCUT2D eigenvalue weighted by Crippen LogP contribution is -2.37. The zero-order valence-electron chi connectivity index (χ0n) is 11.7. The van der Waals surface area contributed by atoms with Crippen LogP contribution >= 0.6 is 0 Å². The van der Waals surface area contributed by atoms with Crippen LogP contribution in [0.15, 0.2) is 16.5 Å². The minimum atomic E-state index is -0.507. The minimum Gasteiger partial charge on any atom is -0.463 e. The number of nitrogens with zero attached hydrogens (tertiary/aromatic N) is 1. The third kappa shape index (κ3) is 3.82. The Bertz CT molecular complexity index is 442. The molecule has 0 aromatic carbocycles. The van der Waals surface area contributed by atoms with E-state index in [1.807, 2.05) is 18.7 Å². The summed E-state index contributed by atoms with van der Waals surface area (Å²) in [6, 6.07) is 3.20. The molecular weight excluding hydrogens is 248 g/mol. The van der Waals surface area contributed by atoms with Gasteiger partial charge in [-0.05, 0) is 25.6 Å². The van der Waals surface area contributed by atoms with Crippen LogP contribution < -0.4 is 5.32 Å². The summed E-state index contributed by atoms with van der Waals surface area (Å²) < 4.78 is 10.0. The third-order valence-electron chi connectivity index (χ3n) is 3.00. The van der Waals surface area contributed by atoms with Gasteiger partial charge < -0.3 is 14.5 Å². The molecule has 0 spiro atoms. The van der Waals surface area contributed by atoms with Gasteiger partial charge in [-0.3, -0.25) is 9.69 Å². The van der Waals surface area contributed by atoms with Crippen LogP contribution in [0.25, 0.3) is 0 Å². The highest BCUT2D eigenvalue weighted by molar-refractivity contribution is 5.86. The first-order chi connectivity index (χ1) is 9.03. The van der Waals surface area contributed by atoms with E-state index in [1.54, 1.807) is 19.2 Å². The molecule has 106 valence electrons. The zero-order valence-corrected chi connectivity index (χ0v) is 11.7. The average molecular weight is 268 g/mol. The lowest BCUT2D eigenvalue weighted by atomic mass is 10.2. The van der Waals surface area contributed by atoms with E-state index in [9.17, 15) is 9.59 Å². The molecule has 0 aliphatic rings. The van der Waals surface area contributed by atoms with E-state index >= 15 is 0 Å². The van der Waals surface area contributed by atoms with Crippen LogP contribution in [0.4, 0.5) is 0 Å². The highest BCUT2D eigenvalue weighted by Crippen LogP contribution is 2.22. The molecule has 1 aromatic heterocycles. The van der Waals surface area contributed by atoms with E-state index in [0.29, 0.717) is 12.3 Å². The molecule has 1 heterocycles. The highest BCUT2D eigenvalue weighted by atomic mass is 16.5. The predicted molar refractivity (Wildman–Crippen MR) is 69.8 cm³/mol. The van der Waals surface area contributed by atoms with Crippen LogP contribution in [-0.2, 0) is 9.53 Å². The van der Waals surface area contributed by atoms with Crippen molar-refractivity contribution in [2.75, 3.05) is 27.2 Å². The van der Waals surface area contributed by atoms with Crippen molar-refractivity contribution >= 4 is 11.9 Å². The molecule has 1 aromatic rings. The quantitative estimate of drug-likeness (QED) is 0.785. The van der Waals surface area contributed by atoms with Crippen LogP contribution in [-0.4, -0.2) is 44.0 Å². The van der Waals surface area contributed by atoms with Crippen LogP contribution in [0.2, 0.25) is 0 Å². The molecule has 1 rings (SSSR count). The molecular formula is C13H20N2O4. The zero-order chi connectivity index (χ0) is 14.4. The number of rotatable bonds is 6. The van der Waals surface area contributed by atoms with Crippen LogP contribution in [0.5, 0.6) is 0 Å². The molecule has 1 amide bonds. The second-order valence-corrected chi connectivity index (χ2v) is 4.11. The number of ether oxygens (including phenoxy) is 1. The number of likely N-dealkylation sites (N-methyl/N-ethyl adjacent to an activating group) is 2. The number of carbonyl (C=O) groups excluding carboxylic acids is 2. The smallest absolute Gasteiger partial charge is 0.373 e. The standard InChI is InChI=1S/C13H20N2O4/c1-5-15(8-12(16)14-3)9(2)10-6-7-11(19-10)13(17)18-4/h6-7,9H,5,8H2,1-4H3,(H,14,16). The fourth-order valence-corrected chi connectivity index (χ4v) is 1.75. The van der Waals surface area contributed by atoms with Crippen molar-refractivity contribution in [3.05, 3.63) is 23.7 Å². The Labute approximate surface area is 112 Å². The maximum absolute atomic E-state index is 11.4. The van der Waals surface area contributed by atoms with E-state index < -0.39 is 5.97 Å². The number of esters is 1. The topological polar surface area (TPSA) is 71.8 Å². The molecule has 6 heteroatoms. The Morgan fingerprint density at radius 2 is 2.16 bits per heavy atom. The molecule has 0 fully saturated rings. The minimum absolute atomic E-state index is 0.0616. The number of hydrogen-bond donors (Lipinski definition) is 1. The van der Waals surface area contributed by atoms with Crippen LogP contribution in [0.3, 0.4) is 0 Å². The summed E-state index contributed by atoms with van der Waals surface area (Å²) in [6.45, 7) is 4.86. The van der Waals surface area contributed by atoms with Crippen molar-refractivity contribution in [2.45, 2.75) is 19.9 Å². The average Bonchev–Trinajstić information content (AvgIpc) is 2.92. The summed E-state index contributed by atoms with van der Waals surface area (Å²) >= 11 is 0.